The van der Waals surface area contributed by atoms with Gasteiger partial charge in [-0.25, -0.2) is 4.98 Å². The van der Waals surface area contributed by atoms with E-state index in [0.717, 1.165) is 12.2 Å². The van der Waals surface area contributed by atoms with Crippen molar-refractivity contribution in [1.82, 2.24) is 29.7 Å². The second-order valence-electron chi connectivity index (χ2n) is 5.73. The van der Waals surface area contributed by atoms with Crippen LogP contribution >= 0.6 is 11.8 Å². The molecular weight excluding hydrogens is 348 g/mol. The van der Waals surface area contributed by atoms with Crippen LogP contribution in [0.15, 0.2) is 41.8 Å². The van der Waals surface area contributed by atoms with Gasteiger partial charge in [-0.1, -0.05) is 49.0 Å². The minimum absolute atomic E-state index is 0.266. The van der Waals surface area contributed by atoms with Gasteiger partial charge in [0.25, 0.3) is 5.95 Å². The highest BCUT2D eigenvalue weighted by Gasteiger charge is 2.11. The molecule has 0 amide bonds. The van der Waals surface area contributed by atoms with Crippen molar-refractivity contribution < 1.29 is 0 Å². The third-order valence-electron chi connectivity index (χ3n) is 3.72. The van der Waals surface area contributed by atoms with E-state index in [1.165, 1.54) is 5.56 Å². The quantitative estimate of drug-likeness (QED) is 0.585. The maximum Gasteiger partial charge on any atom is 0.258 e. The molecular formula is C17H22N8S. The molecule has 1 atom stereocenters. The van der Waals surface area contributed by atoms with Gasteiger partial charge in [0.05, 0.1) is 0 Å². The average Bonchev–Trinajstić information content (AvgIpc) is 3.16. The zero-order chi connectivity index (χ0) is 18.4. The molecule has 0 unspecified atom stereocenters. The van der Waals surface area contributed by atoms with E-state index in [0.29, 0.717) is 23.0 Å². The molecule has 0 aliphatic heterocycles. The Balaban J connectivity index is 1.76. The van der Waals surface area contributed by atoms with Crippen LogP contribution in [0.4, 0.5) is 11.9 Å². The molecule has 0 radical (unpaired) electrons. The molecule has 2 aromatic heterocycles. The summed E-state index contributed by atoms with van der Waals surface area (Å²) in [7, 11) is 1.77. The fourth-order valence-electron chi connectivity index (χ4n) is 2.10. The molecule has 8 nitrogen and oxygen atoms in total. The largest absolute Gasteiger partial charge is 0.357 e. The first-order chi connectivity index (χ1) is 12.7. The summed E-state index contributed by atoms with van der Waals surface area (Å²) in [5.41, 5.74) is 1.23. The van der Waals surface area contributed by atoms with E-state index in [2.05, 4.69) is 61.6 Å². The molecule has 3 aromatic rings. The lowest BCUT2D eigenvalue weighted by atomic mass is 10.2. The molecule has 136 valence electrons. The Bertz CT molecular complexity index is 836. The highest BCUT2D eigenvalue weighted by Crippen LogP contribution is 2.19. The smallest absolute Gasteiger partial charge is 0.258 e. The third kappa shape index (κ3) is 4.69. The number of anilines is 2. The van der Waals surface area contributed by atoms with Crippen LogP contribution in [0.3, 0.4) is 0 Å². The highest BCUT2D eigenvalue weighted by atomic mass is 32.2. The Morgan fingerprint density at radius 1 is 1.12 bits per heavy atom. The number of aromatic nitrogens is 6. The summed E-state index contributed by atoms with van der Waals surface area (Å²) >= 11 is 1.57. The van der Waals surface area contributed by atoms with Crippen LogP contribution < -0.4 is 10.6 Å². The van der Waals surface area contributed by atoms with Gasteiger partial charge in [0, 0.05) is 18.8 Å². The standard InChI is InChI=1S/C17H22N8S/c1-4-12(2)20-15-21-14(18-3)22-16(23-15)25-11-19-17(24-25)26-10-13-8-6-5-7-9-13/h5-9,11-12H,4,10H2,1-3H3,(H2,18,20,21,22,23)/t12-/m0/s1. The summed E-state index contributed by atoms with van der Waals surface area (Å²) in [6, 6.07) is 10.5. The first kappa shape index (κ1) is 18.1. The van der Waals surface area contributed by atoms with Crippen molar-refractivity contribution in [2.75, 3.05) is 17.7 Å². The number of thioether (sulfide) groups is 1. The molecule has 26 heavy (non-hydrogen) atoms. The average molecular weight is 370 g/mol. The molecule has 0 saturated carbocycles. The maximum absolute atomic E-state index is 4.47. The molecule has 0 aliphatic rings. The Labute approximate surface area is 156 Å². The van der Waals surface area contributed by atoms with Crippen molar-refractivity contribution in [2.24, 2.45) is 0 Å². The minimum atomic E-state index is 0.266. The number of hydrogen-bond donors (Lipinski definition) is 2. The van der Waals surface area contributed by atoms with Gasteiger partial charge in [-0.3, -0.25) is 0 Å². The second kappa shape index (κ2) is 8.61. The second-order valence-corrected chi connectivity index (χ2v) is 6.67. The maximum atomic E-state index is 4.47. The molecule has 3 rings (SSSR count). The monoisotopic (exact) mass is 370 g/mol. The topological polar surface area (TPSA) is 93.4 Å². The normalized spacial score (nSPS) is 12.0. The summed E-state index contributed by atoms with van der Waals surface area (Å²) < 4.78 is 1.57. The van der Waals surface area contributed by atoms with Gasteiger partial charge in [-0.15, -0.1) is 5.10 Å². The summed E-state index contributed by atoms with van der Waals surface area (Å²) in [6.45, 7) is 4.18. The Kier molecular flexibility index (Phi) is 6.00. The van der Waals surface area contributed by atoms with Crippen LogP contribution in [0.2, 0.25) is 0 Å². The number of benzene rings is 1. The molecule has 0 saturated heterocycles. The van der Waals surface area contributed by atoms with Gasteiger partial charge < -0.3 is 10.6 Å². The van der Waals surface area contributed by atoms with Crippen molar-refractivity contribution >= 4 is 23.7 Å². The van der Waals surface area contributed by atoms with E-state index in [1.807, 2.05) is 18.2 Å². The van der Waals surface area contributed by atoms with E-state index in [1.54, 1.807) is 29.8 Å². The van der Waals surface area contributed by atoms with Gasteiger partial charge in [0.2, 0.25) is 17.1 Å². The predicted molar refractivity (Wildman–Crippen MR) is 104 cm³/mol. The highest BCUT2D eigenvalue weighted by molar-refractivity contribution is 7.98. The van der Waals surface area contributed by atoms with Crippen LogP contribution in [0, 0.1) is 0 Å². The van der Waals surface area contributed by atoms with E-state index < -0.39 is 0 Å². The Morgan fingerprint density at radius 2 is 1.88 bits per heavy atom. The molecule has 2 N–H and O–H groups in total. The summed E-state index contributed by atoms with van der Waals surface area (Å²) in [6.07, 6.45) is 2.59. The van der Waals surface area contributed by atoms with Crippen LogP contribution in [0.25, 0.3) is 5.95 Å². The summed E-state index contributed by atoms with van der Waals surface area (Å²) in [4.78, 5) is 17.5. The predicted octanol–water partition coefficient (Wildman–Crippen LogP) is 3.00. The lowest BCUT2D eigenvalue weighted by Crippen LogP contribution is -2.18. The van der Waals surface area contributed by atoms with Gasteiger partial charge in [0.15, 0.2) is 0 Å². The first-order valence-corrected chi connectivity index (χ1v) is 9.45. The van der Waals surface area contributed by atoms with Gasteiger partial charge >= 0.3 is 0 Å². The number of rotatable bonds is 8. The molecule has 0 aliphatic carbocycles. The van der Waals surface area contributed by atoms with Gasteiger partial charge in [-0.05, 0) is 18.9 Å². The van der Waals surface area contributed by atoms with Crippen LogP contribution in [0.5, 0.6) is 0 Å². The van der Waals surface area contributed by atoms with E-state index in [4.69, 9.17) is 0 Å². The van der Waals surface area contributed by atoms with Crippen molar-refractivity contribution in [2.45, 2.75) is 37.2 Å². The van der Waals surface area contributed by atoms with Crippen LogP contribution in [-0.2, 0) is 5.75 Å². The molecule has 0 spiro atoms. The zero-order valence-electron chi connectivity index (χ0n) is 15.0. The van der Waals surface area contributed by atoms with Crippen molar-refractivity contribution in [3.63, 3.8) is 0 Å². The van der Waals surface area contributed by atoms with Crippen LogP contribution in [0.1, 0.15) is 25.8 Å². The van der Waals surface area contributed by atoms with Crippen molar-refractivity contribution in [3.8, 4) is 5.95 Å². The van der Waals surface area contributed by atoms with Crippen molar-refractivity contribution in [3.05, 3.63) is 42.2 Å². The molecule has 9 heteroatoms. The molecule has 1 aromatic carbocycles. The Hall–Kier alpha value is -2.68. The molecule has 0 fully saturated rings. The van der Waals surface area contributed by atoms with E-state index in [-0.39, 0.29) is 6.04 Å². The van der Waals surface area contributed by atoms with Gasteiger partial charge in [0.1, 0.15) is 6.33 Å². The van der Waals surface area contributed by atoms with Crippen LogP contribution in [-0.4, -0.2) is 42.8 Å². The van der Waals surface area contributed by atoms with Crippen molar-refractivity contribution in [1.29, 1.82) is 0 Å². The SMILES string of the molecule is CC[C@H](C)Nc1nc(NC)nc(-n2cnc(SCc3ccccc3)n2)n1. The number of nitrogens with zero attached hydrogens (tertiary/aromatic N) is 6. The molecule has 2 heterocycles. The van der Waals surface area contributed by atoms with E-state index >= 15 is 0 Å². The fraction of sp³-hybridized carbons (Fsp3) is 0.353. The first-order valence-electron chi connectivity index (χ1n) is 8.47. The lowest BCUT2D eigenvalue weighted by Gasteiger charge is -2.12. The number of nitrogens with one attached hydrogen (secondary N) is 2. The lowest BCUT2D eigenvalue weighted by molar-refractivity contribution is 0.735. The summed E-state index contributed by atoms with van der Waals surface area (Å²) in [5, 5.41) is 11.4. The Morgan fingerprint density at radius 3 is 2.62 bits per heavy atom. The zero-order valence-corrected chi connectivity index (χ0v) is 15.9. The number of hydrogen-bond acceptors (Lipinski definition) is 8. The third-order valence-corrected chi connectivity index (χ3v) is 4.64. The van der Waals surface area contributed by atoms with E-state index in [9.17, 15) is 0 Å². The fourth-order valence-corrected chi connectivity index (χ4v) is 2.85. The minimum Gasteiger partial charge on any atom is -0.357 e. The molecule has 0 bridgehead atoms. The van der Waals surface area contributed by atoms with Gasteiger partial charge in [-0.2, -0.15) is 19.6 Å². The summed E-state index contributed by atoms with van der Waals surface area (Å²) in [5.74, 6) is 2.23.